The standard InChI is InChI=1S/C20H23NO4S/c1-13(2)17-12-21(7-8-23-17)20(22)19-6-5-18(26-19)14-3-4-15-16(11-14)25-10-9-24-15/h3-6,11,13,17H,7-10,12H2,1-2H3. The Labute approximate surface area is 157 Å². The molecule has 2 aliphatic heterocycles. The maximum absolute atomic E-state index is 12.9. The van der Waals surface area contributed by atoms with E-state index in [-0.39, 0.29) is 12.0 Å². The van der Waals surface area contributed by atoms with E-state index in [1.54, 1.807) is 0 Å². The number of fused-ring (bicyclic) bond motifs is 1. The van der Waals surface area contributed by atoms with Gasteiger partial charge in [0.25, 0.3) is 5.91 Å². The van der Waals surface area contributed by atoms with Gasteiger partial charge in [-0.15, -0.1) is 11.3 Å². The van der Waals surface area contributed by atoms with Crippen molar-refractivity contribution in [2.45, 2.75) is 20.0 Å². The molecule has 26 heavy (non-hydrogen) atoms. The minimum atomic E-state index is 0.0905. The highest BCUT2D eigenvalue weighted by molar-refractivity contribution is 7.17. The Morgan fingerprint density at radius 1 is 1.12 bits per heavy atom. The zero-order valence-electron chi connectivity index (χ0n) is 15.1. The second-order valence-corrected chi connectivity index (χ2v) is 8.01. The van der Waals surface area contributed by atoms with Gasteiger partial charge in [-0.2, -0.15) is 0 Å². The minimum absolute atomic E-state index is 0.0905. The molecular weight excluding hydrogens is 350 g/mol. The molecule has 6 heteroatoms. The molecule has 4 rings (SSSR count). The number of benzene rings is 1. The predicted molar refractivity (Wildman–Crippen MR) is 101 cm³/mol. The van der Waals surface area contributed by atoms with E-state index < -0.39 is 0 Å². The Hall–Kier alpha value is -2.05. The van der Waals surface area contributed by atoms with Crippen molar-refractivity contribution in [3.63, 3.8) is 0 Å². The van der Waals surface area contributed by atoms with Gasteiger partial charge < -0.3 is 19.1 Å². The van der Waals surface area contributed by atoms with Crippen molar-refractivity contribution in [1.82, 2.24) is 4.90 Å². The molecular formula is C20H23NO4S. The Balaban J connectivity index is 1.51. The van der Waals surface area contributed by atoms with E-state index in [4.69, 9.17) is 14.2 Å². The summed E-state index contributed by atoms with van der Waals surface area (Å²) < 4.78 is 17.0. The van der Waals surface area contributed by atoms with Crippen LogP contribution < -0.4 is 9.47 Å². The van der Waals surface area contributed by atoms with E-state index in [0.717, 1.165) is 26.8 Å². The molecule has 5 nitrogen and oxygen atoms in total. The third-order valence-corrected chi connectivity index (χ3v) is 5.89. The van der Waals surface area contributed by atoms with Crippen molar-refractivity contribution >= 4 is 17.2 Å². The molecule has 0 spiro atoms. The zero-order chi connectivity index (χ0) is 18.1. The third kappa shape index (κ3) is 3.44. The molecule has 2 aromatic rings. The Kier molecular flexibility index (Phi) is 4.87. The van der Waals surface area contributed by atoms with Crippen molar-refractivity contribution < 1.29 is 19.0 Å². The van der Waals surface area contributed by atoms with Crippen LogP contribution in [-0.4, -0.2) is 49.8 Å². The summed E-state index contributed by atoms with van der Waals surface area (Å²) >= 11 is 1.52. The van der Waals surface area contributed by atoms with E-state index in [0.29, 0.717) is 38.8 Å². The molecule has 1 saturated heterocycles. The number of nitrogens with zero attached hydrogens (tertiary/aromatic N) is 1. The Morgan fingerprint density at radius 2 is 1.92 bits per heavy atom. The predicted octanol–water partition coefficient (Wildman–Crippen LogP) is 3.68. The molecule has 1 amide bonds. The molecule has 1 aromatic carbocycles. The van der Waals surface area contributed by atoms with E-state index in [1.165, 1.54) is 11.3 Å². The van der Waals surface area contributed by atoms with Gasteiger partial charge >= 0.3 is 0 Å². The van der Waals surface area contributed by atoms with Crippen molar-refractivity contribution in [3.8, 4) is 21.9 Å². The summed E-state index contributed by atoms with van der Waals surface area (Å²) in [7, 11) is 0. The SMILES string of the molecule is CC(C)C1CN(C(=O)c2ccc(-c3ccc4c(c3)OCCO4)s2)CCO1. The normalized spacial score (nSPS) is 19.7. The highest BCUT2D eigenvalue weighted by Crippen LogP contribution is 2.37. The van der Waals surface area contributed by atoms with Crippen LogP contribution in [0.4, 0.5) is 0 Å². The van der Waals surface area contributed by atoms with E-state index in [2.05, 4.69) is 13.8 Å². The zero-order valence-corrected chi connectivity index (χ0v) is 15.9. The van der Waals surface area contributed by atoms with Crippen LogP contribution in [0.1, 0.15) is 23.5 Å². The first kappa shape index (κ1) is 17.4. The van der Waals surface area contributed by atoms with Gasteiger partial charge in [0.2, 0.25) is 0 Å². The lowest BCUT2D eigenvalue weighted by molar-refractivity contribution is -0.0419. The Morgan fingerprint density at radius 3 is 2.73 bits per heavy atom. The maximum atomic E-state index is 12.9. The van der Waals surface area contributed by atoms with Crippen LogP contribution in [0.15, 0.2) is 30.3 Å². The van der Waals surface area contributed by atoms with Crippen molar-refractivity contribution in [1.29, 1.82) is 0 Å². The van der Waals surface area contributed by atoms with Crippen LogP contribution in [0.5, 0.6) is 11.5 Å². The lowest BCUT2D eigenvalue weighted by Gasteiger charge is -2.34. The highest BCUT2D eigenvalue weighted by Gasteiger charge is 2.27. The number of morpholine rings is 1. The first-order valence-electron chi connectivity index (χ1n) is 9.02. The molecule has 3 heterocycles. The van der Waals surface area contributed by atoms with Crippen molar-refractivity contribution in [3.05, 3.63) is 35.2 Å². The number of thiophene rings is 1. The van der Waals surface area contributed by atoms with Gasteiger partial charge in [-0.1, -0.05) is 13.8 Å². The van der Waals surface area contributed by atoms with Crippen molar-refractivity contribution in [2.75, 3.05) is 32.9 Å². The fourth-order valence-electron chi connectivity index (χ4n) is 3.22. The monoisotopic (exact) mass is 373 g/mol. The molecule has 1 fully saturated rings. The van der Waals surface area contributed by atoms with Gasteiger partial charge in [0.15, 0.2) is 11.5 Å². The first-order valence-corrected chi connectivity index (χ1v) is 9.84. The lowest BCUT2D eigenvalue weighted by atomic mass is 10.1. The van der Waals surface area contributed by atoms with Crippen LogP contribution in [0.3, 0.4) is 0 Å². The summed E-state index contributed by atoms with van der Waals surface area (Å²) in [4.78, 5) is 16.6. The molecule has 1 unspecified atom stereocenters. The van der Waals surface area contributed by atoms with Gasteiger partial charge in [0.05, 0.1) is 17.6 Å². The van der Waals surface area contributed by atoms with Crippen molar-refractivity contribution in [2.24, 2.45) is 5.92 Å². The molecule has 0 aliphatic carbocycles. The quantitative estimate of drug-likeness (QED) is 0.823. The second-order valence-electron chi connectivity index (χ2n) is 6.93. The number of rotatable bonds is 3. The fraction of sp³-hybridized carbons (Fsp3) is 0.450. The van der Waals surface area contributed by atoms with Crippen LogP contribution in [0.2, 0.25) is 0 Å². The van der Waals surface area contributed by atoms with Crippen LogP contribution in [0.25, 0.3) is 10.4 Å². The third-order valence-electron chi connectivity index (χ3n) is 4.77. The van der Waals surface area contributed by atoms with Gasteiger partial charge in [-0.05, 0) is 41.8 Å². The topological polar surface area (TPSA) is 48.0 Å². The van der Waals surface area contributed by atoms with E-state index in [1.807, 2.05) is 35.2 Å². The summed E-state index contributed by atoms with van der Waals surface area (Å²) in [5.74, 6) is 2.04. The number of carbonyl (C=O) groups is 1. The Bertz CT molecular complexity index is 801. The average Bonchev–Trinajstić information content (AvgIpc) is 3.17. The van der Waals surface area contributed by atoms with Crippen LogP contribution in [0, 0.1) is 5.92 Å². The minimum Gasteiger partial charge on any atom is -0.486 e. The number of carbonyl (C=O) groups excluding carboxylic acids is 1. The number of hydrogen-bond acceptors (Lipinski definition) is 5. The summed E-state index contributed by atoms with van der Waals surface area (Å²) in [5.41, 5.74) is 1.04. The maximum Gasteiger partial charge on any atom is 0.264 e. The molecule has 138 valence electrons. The number of amides is 1. The fourth-order valence-corrected chi connectivity index (χ4v) is 4.19. The molecule has 0 radical (unpaired) electrons. The summed E-state index contributed by atoms with van der Waals surface area (Å²) in [6, 6.07) is 9.85. The van der Waals surface area contributed by atoms with E-state index in [9.17, 15) is 4.79 Å². The number of hydrogen-bond donors (Lipinski definition) is 0. The first-order chi connectivity index (χ1) is 12.6. The molecule has 1 atom stereocenters. The molecule has 0 N–H and O–H groups in total. The molecule has 0 bridgehead atoms. The van der Waals surface area contributed by atoms with Gasteiger partial charge in [-0.25, -0.2) is 0 Å². The lowest BCUT2D eigenvalue weighted by Crippen LogP contribution is -2.47. The summed E-state index contributed by atoms with van der Waals surface area (Å²) in [6.07, 6.45) is 0.116. The molecule has 1 aromatic heterocycles. The molecule has 0 saturated carbocycles. The largest absolute Gasteiger partial charge is 0.486 e. The number of ether oxygens (including phenoxy) is 3. The summed E-state index contributed by atoms with van der Waals surface area (Å²) in [5, 5.41) is 0. The van der Waals surface area contributed by atoms with Gasteiger partial charge in [-0.3, -0.25) is 4.79 Å². The average molecular weight is 373 g/mol. The van der Waals surface area contributed by atoms with E-state index >= 15 is 0 Å². The van der Waals surface area contributed by atoms with Crippen LogP contribution >= 0.6 is 11.3 Å². The van der Waals surface area contributed by atoms with Gasteiger partial charge in [0, 0.05) is 18.0 Å². The molecule has 2 aliphatic rings. The van der Waals surface area contributed by atoms with Gasteiger partial charge in [0.1, 0.15) is 13.2 Å². The smallest absolute Gasteiger partial charge is 0.264 e. The summed E-state index contributed by atoms with van der Waals surface area (Å²) in [6.45, 7) is 7.33. The van der Waals surface area contributed by atoms with Crippen LogP contribution in [-0.2, 0) is 4.74 Å². The second kappa shape index (κ2) is 7.29. The highest BCUT2D eigenvalue weighted by atomic mass is 32.1.